The number of nitrogens with two attached hydrogens (primary N) is 3. The summed E-state index contributed by atoms with van der Waals surface area (Å²) in [5.41, 5.74) is 17.5. The average Bonchev–Trinajstić information content (AvgIpc) is 2.93. The Balaban J connectivity index is 2.06. The van der Waals surface area contributed by atoms with Gasteiger partial charge in [-0.15, -0.1) is 0 Å². The molecule has 2 aromatic rings. The van der Waals surface area contributed by atoms with Crippen LogP contribution in [-0.4, -0.2) is 50.6 Å². The zero-order chi connectivity index (χ0) is 20.9. The number of hydrogen-bond donors (Lipinski definition) is 3. The van der Waals surface area contributed by atoms with Crippen molar-refractivity contribution in [2.75, 3.05) is 18.7 Å². The van der Waals surface area contributed by atoms with E-state index in [9.17, 15) is 4.57 Å². The number of fused-ring (bicyclic) bond motifs is 1. The number of hydrogen-bond acceptors (Lipinski definition) is 9. The SMILES string of the molecule is CC(C)OP(=O)(COCCn1cnc2c(N)nc(N=C(N)N)nc21)OC(C)C. The molecule has 0 aliphatic carbocycles. The number of guanidine groups is 1. The summed E-state index contributed by atoms with van der Waals surface area (Å²) in [6.45, 7) is 7.73. The first kappa shape index (κ1) is 22.0. The van der Waals surface area contributed by atoms with Crippen LogP contribution in [0.25, 0.3) is 11.2 Å². The lowest BCUT2D eigenvalue weighted by atomic mass is 10.5. The molecule has 156 valence electrons. The van der Waals surface area contributed by atoms with Crippen molar-refractivity contribution < 1.29 is 18.3 Å². The second-order valence-corrected chi connectivity index (χ2v) is 8.41. The second kappa shape index (κ2) is 9.28. The van der Waals surface area contributed by atoms with Crippen molar-refractivity contribution in [2.24, 2.45) is 16.5 Å². The van der Waals surface area contributed by atoms with Gasteiger partial charge in [-0.2, -0.15) is 15.0 Å². The number of aliphatic imine (C=N–C) groups is 1. The minimum absolute atomic E-state index is 0.0350. The molecule has 0 saturated carbocycles. The zero-order valence-corrected chi connectivity index (χ0v) is 17.3. The zero-order valence-electron chi connectivity index (χ0n) is 16.4. The third-order valence-corrected chi connectivity index (χ3v) is 5.16. The van der Waals surface area contributed by atoms with Gasteiger partial charge in [-0.3, -0.25) is 4.57 Å². The van der Waals surface area contributed by atoms with Gasteiger partial charge < -0.3 is 35.6 Å². The van der Waals surface area contributed by atoms with Crippen LogP contribution in [0, 0.1) is 0 Å². The molecule has 0 amide bonds. The molecule has 0 aromatic carbocycles. The van der Waals surface area contributed by atoms with Gasteiger partial charge in [0, 0.05) is 6.54 Å². The number of nitrogen functional groups attached to an aromatic ring is 1. The molecule has 2 heterocycles. The first-order valence-electron chi connectivity index (χ1n) is 8.71. The predicted molar refractivity (Wildman–Crippen MR) is 106 cm³/mol. The highest BCUT2D eigenvalue weighted by Crippen LogP contribution is 2.50. The number of anilines is 1. The van der Waals surface area contributed by atoms with Crippen LogP contribution in [0.1, 0.15) is 27.7 Å². The van der Waals surface area contributed by atoms with E-state index in [-0.39, 0.29) is 42.9 Å². The van der Waals surface area contributed by atoms with Crippen molar-refractivity contribution in [3.8, 4) is 0 Å². The van der Waals surface area contributed by atoms with Crippen molar-refractivity contribution in [3.63, 3.8) is 0 Å². The largest absolute Gasteiger partial charge is 0.382 e. The second-order valence-electron chi connectivity index (χ2n) is 6.51. The molecule has 0 fully saturated rings. The van der Waals surface area contributed by atoms with Crippen LogP contribution in [-0.2, 0) is 24.9 Å². The summed E-state index contributed by atoms with van der Waals surface area (Å²) in [4.78, 5) is 16.2. The maximum Gasteiger partial charge on any atom is 0.356 e. The van der Waals surface area contributed by atoms with Crippen LogP contribution in [0.15, 0.2) is 11.3 Å². The maximum absolute atomic E-state index is 12.7. The van der Waals surface area contributed by atoms with Crippen LogP contribution < -0.4 is 17.2 Å². The molecule has 2 rings (SSSR count). The number of imidazole rings is 1. The summed E-state index contributed by atoms with van der Waals surface area (Å²) in [7, 11) is -3.36. The molecular weight excluding hydrogens is 387 g/mol. The number of nitrogens with zero attached hydrogens (tertiary/aromatic N) is 5. The normalized spacial score (nSPS) is 12.2. The molecule has 0 atom stereocenters. The smallest absolute Gasteiger partial charge is 0.356 e. The number of aromatic nitrogens is 4. The lowest BCUT2D eigenvalue weighted by Crippen LogP contribution is -2.22. The maximum atomic E-state index is 12.7. The third kappa shape index (κ3) is 6.13. The first-order valence-corrected chi connectivity index (χ1v) is 10.4. The molecule has 0 aliphatic heterocycles. The Kier molecular flexibility index (Phi) is 7.30. The molecule has 28 heavy (non-hydrogen) atoms. The van der Waals surface area contributed by atoms with E-state index in [0.29, 0.717) is 17.7 Å². The van der Waals surface area contributed by atoms with Crippen LogP contribution in [0.2, 0.25) is 0 Å². The number of ether oxygens (including phenoxy) is 1. The Labute approximate surface area is 163 Å². The third-order valence-electron chi connectivity index (χ3n) is 3.18. The molecule has 0 bridgehead atoms. The summed E-state index contributed by atoms with van der Waals surface area (Å²) in [6.07, 6.45) is 0.887. The van der Waals surface area contributed by atoms with Gasteiger partial charge in [-0.25, -0.2) is 4.98 Å². The molecule has 12 nitrogen and oxygen atoms in total. The monoisotopic (exact) mass is 414 g/mol. The highest BCUT2D eigenvalue weighted by molar-refractivity contribution is 7.53. The minimum atomic E-state index is -3.36. The van der Waals surface area contributed by atoms with Crippen LogP contribution in [0.5, 0.6) is 0 Å². The van der Waals surface area contributed by atoms with Crippen LogP contribution >= 0.6 is 7.60 Å². The van der Waals surface area contributed by atoms with E-state index in [1.165, 1.54) is 0 Å². The molecule has 2 aromatic heterocycles. The quantitative estimate of drug-likeness (QED) is 0.222. The average molecular weight is 414 g/mol. The van der Waals surface area contributed by atoms with Gasteiger partial charge in [0.05, 0.1) is 25.1 Å². The predicted octanol–water partition coefficient (Wildman–Crippen LogP) is 1.33. The Bertz CT molecular complexity index is 864. The topological polar surface area (TPSA) is 179 Å². The molecule has 0 aliphatic rings. The standard InChI is InChI=1S/C15H27N8O4P/c1-9(2)26-28(24,27-10(3)4)8-25-6-5-23-7-19-11-12(16)20-15(21-13(11)23)22-14(17)18/h7,9-10H,5-6,8H2,1-4H3,(H6,16,17,18,20,21,22). The van der Waals surface area contributed by atoms with E-state index in [2.05, 4.69) is 19.9 Å². The molecule has 6 N–H and O–H groups in total. The van der Waals surface area contributed by atoms with Gasteiger partial charge in [0.2, 0.25) is 0 Å². The van der Waals surface area contributed by atoms with Crippen LogP contribution in [0.3, 0.4) is 0 Å². The summed E-state index contributed by atoms with van der Waals surface area (Å²) in [5, 5.41) is 0. The molecule has 0 radical (unpaired) electrons. The lowest BCUT2D eigenvalue weighted by molar-refractivity contribution is 0.0961. The summed E-state index contributed by atoms with van der Waals surface area (Å²) in [5.74, 6) is 0.0110. The van der Waals surface area contributed by atoms with E-state index < -0.39 is 7.60 Å². The van der Waals surface area contributed by atoms with E-state index in [1.54, 1.807) is 38.6 Å². The molecule has 13 heteroatoms. The minimum Gasteiger partial charge on any atom is -0.382 e. The molecular formula is C15H27N8O4P. The first-order chi connectivity index (χ1) is 13.1. The van der Waals surface area contributed by atoms with Crippen molar-refractivity contribution in [1.29, 1.82) is 0 Å². The van der Waals surface area contributed by atoms with Crippen molar-refractivity contribution in [1.82, 2.24) is 19.5 Å². The Morgan fingerprint density at radius 3 is 2.43 bits per heavy atom. The Morgan fingerprint density at radius 2 is 1.86 bits per heavy atom. The van der Waals surface area contributed by atoms with Gasteiger partial charge in [0.15, 0.2) is 17.4 Å². The number of rotatable bonds is 10. The summed E-state index contributed by atoms with van der Waals surface area (Å²) in [6, 6.07) is 0. The van der Waals surface area contributed by atoms with Crippen molar-refractivity contribution >= 4 is 36.5 Å². The molecule has 0 saturated heterocycles. The van der Waals surface area contributed by atoms with E-state index in [0.717, 1.165) is 0 Å². The van der Waals surface area contributed by atoms with E-state index in [4.69, 9.17) is 31.0 Å². The van der Waals surface area contributed by atoms with E-state index >= 15 is 0 Å². The Hall–Kier alpha value is -2.27. The van der Waals surface area contributed by atoms with E-state index in [1.807, 2.05) is 0 Å². The summed E-state index contributed by atoms with van der Waals surface area (Å²) >= 11 is 0. The fraction of sp³-hybridized carbons (Fsp3) is 0.600. The highest BCUT2D eigenvalue weighted by Gasteiger charge is 2.28. The van der Waals surface area contributed by atoms with Crippen molar-refractivity contribution in [3.05, 3.63) is 6.33 Å². The highest BCUT2D eigenvalue weighted by atomic mass is 31.2. The fourth-order valence-electron chi connectivity index (χ4n) is 2.35. The van der Waals surface area contributed by atoms with Gasteiger partial charge in [-0.1, -0.05) is 0 Å². The Morgan fingerprint density at radius 1 is 1.21 bits per heavy atom. The van der Waals surface area contributed by atoms with Gasteiger partial charge in [0.25, 0.3) is 5.95 Å². The lowest BCUT2D eigenvalue weighted by Gasteiger charge is -2.22. The van der Waals surface area contributed by atoms with Gasteiger partial charge in [0.1, 0.15) is 11.9 Å². The van der Waals surface area contributed by atoms with Crippen LogP contribution in [0.4, 0.5) is 11.8 Å². The molecule has 0 unspecified atom stereocenters. The van der Waals surface area contributed by atoms with Gasteiger partial charge in [-0.05, 0) is 27.7 Å². The van der Waals surface area contributed by atoms with Gasteiger partial charge >= 0.3 is 7.60 Å². The summed E-state index contributed by atoms with van der Waals surface area (Å²) < 4.78 is 30.9. The molecule has 0 spiro atoms. The fourth-order valence-corrected chi connectivity index (χ4v) is 4.16. The van der Waals surface area contributed by atoms with Crippen molar-refractivity contribution in [2.45, 2.75) is 46.4 Å².